The maximum absolute atomic E-state index is 3.74. The summed E-state index contributed by atoms with van der Waals surface area (Å²) in [4.78, 5) is 3.18. The molecule has 0 bridgehead atoms. The Labute approximate surface area is 138 Å². The first-order valence-corrected chi connectivity index (χ1v) is 9.49. The summed E-state index contributed by atoms with van der Waals surface area (Å²) in [6.07, 6.45) is 6.53. The molecule has 110 valence electrons. The second-order valence-corrected chi connectivity index (χ2v) is 8.36. The van der Waals surface area contributed by atoms with Crippen LogP contribution in [-0.2, 0) is 19.4 Å². The molecular weight excluding hydrogens is 342 g/mol. The van der Waals surface area contributed by atoms with E-state index < -0.39 is 0 Å². The van der Waals surface area contributed by atoms with E-state index in [4.69, 9.17) is 0 Å². The van der Waals surface area contributed by atoms with E-state index in [-0.39, 0.29) is 0 Å². The van der Waals surface area contributed by atoms with Crippen molar-refractivity contribution in [3.8, 4) is 0 Å². The predicted octanol–water partition coefficient (Wildman–Crippen LogP) is 5.04. The zero-order valence-corrected chi connectivity index (χ0v) is 14.5. The number of thiophene rings is 1. The van der Waals surface area contributed by atoms with Gasteiger partial charge in [-0.2, -0.15) is 0 Å². The van der Waals surface area contributed by atoms with Gasteiger partial charge < -0.3 is 5.32 Å². The monoisotopic (exact) mass is 361 g/mol. The molecule has 21 heavy (non-hydrogen) atoms. The highest BCUT2D eigenvalue weighted by Crippen LogP contribution is 2.40. The molecule has 0 spiro atoms. The van der Waals surface area contributed by atoms with Crippen molar-refractivity contribution < 1.29 is 0 Å². The lowest BCUT2D eigenvalue weighted by atomic mass is 9.76. The van der Waals surface area contributed by atoms with Crippen LogP contribution in [0.2, 0.25) is 0 Å². The van der Waals surface area contributed by atoms with Crippen molar-refractivity contribution in [3.05, 3.63) is 55.7 Å². The van der Waals surface area contributed by atoms with Crippen LogP contribution in [0.15, 0.2) is 34.8 Å². The van der Waals surface area contributed by atoms with Gasteiger partial charge in [-0.15, -0.1) is 11.3 Å². The van der Waals surface area contributed by atoms with Crippen molar-refractivity contribution in [2.75, 3.05) is 0 Å². The van der Waals surface area contributed by atoms with Gasteiger partial charge in [0.05, 0.1) is 0 Å². The van der Waals surface area contributed by atoms with E-state index in [9.17, 15) is 0 Å². The molecule has 0 aliphatic heterocycles. The SMILES string of the molecule is Brc1ccccc1C1CC(NCc2cc3c(s2)CCC3)C1. The molecule has 1 saturated carbocycles. The van der Waals surface area contributed by atoms with Crippen LogP contribution in [0.4, 0.5) is 0 Å². The molecule has 2 aliphatic carbocycles. The lowest BCUT2D eigenvalue weighted by Crippen LogP contribution is -2.39. The molecule has 0 amide bonds. The summed E-state index contributed by atoms with van der Waals surface area (Å²) in [5.74, 6) is 0.728. The normalized spacial score (nSPS) is 23.9. The molecule has 1 N–H and O–H groups in total. The minimum absolute atomic E-state index is 0.694. The van der Waals surface area contributed by atoms with Crippen molar-refractivity contribution in [3.63, 3.8) is 0 Å². The highest BCUT2D eigenvalue weighted by atomic mass is 79.9. The molecule has 1 fully saturated rings. The number of hydrogen-bond donors (Lipinski definition) is 1. The van der Waals surface area contributed by atoms with Gasteiger partial charge in [-0.1, -0.05) is 34.1 Å². The topological polar surface area (TPSA) is 12.0 Å². The fourth-order valence-electron chi connectivity index (χ4n) is 3.57. The predicted molar refractivity (Wildman–Crippen MR) is 93.1 cm³/mol. The van der Waals surface area contributed by atoms with Gasteiger partial charge in [-0.05, 0) is 61.3 Å². The maximum Gasteiger partial charge on any atom is 0.0302 e. The van der Waals surface area contributed by atoms with E-state index in [0.717, 1.165) is 12.5 Å². The van der Waals surface area contributed by atoms with E-state index in [2.05, 4.69) is 51.6 Å². The standard InChI is InChI=1S/C18H20BrNS/c19-17-6-2-1-5-16(17)13-8-14(9-13)20-11-15-10-12-4-3-7-18(12)21-15/h1-2,5-6,10,13-14,20H,3-4,7-9,11H2. The molecule has 0 radical (unpaired) electrons. The lowest BCUT2D eigenvalue weighted by molar-refractivity contribution is 0.289. The summed E-state index contributed by atoms with van der Waals surface area (Å²) in [6, 6.07) is 11.8. The van der Waals surface area contributed by atoms with Crippen LogP contribution in [0.5, 0.6) is 0 Å². The summed E-state index contributed by atoms with van der Waals surface area (Å²) in [5, 5.41) is 3.74. The molecule has 1 nitrogen and oxygen atoms in total. The second kappa shape index (κ2) is 5.86. The summed E-state index contributed by atoms with van der Waals surface area (Å²) in [7, 11) is 0. The van der Waals surface area contributed by atoms with E-state index in [1.165, 1.54) is 47.0 Å². The van der Waals surface area contributed by atoms with E-state index in [0.29, 0.717) is 6.04 Å². The average Bonchev–Trinajstić information content (AvgIpc) is 2.99. The Balaban J connectivity index is 1.29. The molecule has 0 atom stereocenters. The van der Waals surface area contributed by atoms with Crippen molar-refractivity contribution >= 4 is 27.3 Å². The molecular formula is C18H20BrNS. The Hall–Kier alpha value is -0.640. The first-order chi connectivity index (χ1) is 10.3. The molecule has 1 heterocycles. The number of rotatable bonds is 4. The molecule has 4 rings (SSSR count). The number of halogens is 1. The van der Waals surface area contributed by atoms with Crippen LogP contribution in [0, 0.1) is 0 Å². The number of hydrogen-bond acceptors (Lipinski definition) is 2. The third-order valence-corrected chi connectivity index (χ3v) is 6.80. The van der Waals surface area contributed by atoms with Gasteiger partial charge in [-0.3, -0.25) is 0 Å². The minimum atomic E-state index is 0.694. The zero-order chi connectivity index (χ0) is 14.2. The Morgan fingerprint density at radius 3 is 2.86 bits per heavy atom. The van der Waals surface area contributed by atoms with Crippen LogP contribution in [0.3, 0.4) is 0 Å². The largest absolute Gasteiger partial charge is 0.309 e. The number of fused-ring (bicyclic) bond motifs is 1. The smallest absolute Gasteiger partial charge is 0.0302 e. The third-order valence-electron chi connectivity index (χ3n) is 4.85. The molecule has 0 unspecified atom stereocenters. The molecule has 2 aliphatic rings. The summed E-state index contributed by atoms with van der Waals surface area (Å²) < 4.78 is 1.27. The minimum Gasteiger partial charge on any atom is -0.309 e. The van der Waals surface area contributed by atoms with Crippen molar-refractivity contribution in [2.24, 2.45) is 0 Å². The number of aryl methyl sites for hydroxylation is 2. The number of nitrogens with one attached hydrogen (secondary N) is 1. The van der Waals surface area contributed by atoms with E-state index in [1.807, 2.05) is 11.3 Å². The van der Waals surface area contributed by atoms with E-state index >= 15 is 0 Å². The fraction of sp³-hybridized carbons (Fsp3) is 0.444. The third kappa shape index (κ3) is 2.84. The van der Waals surface area contributed by atoms with Crippen LogP contribution in [0.1, 0.15) is 46.1 Å². The van der Waals surface area contributed by atoms with Gasteiger partial charge in [-0.25, -0.2) is 0 Å². The van der Waals surface area contributed by atoms with E-state index in [1.54, 1.807) is 10.4 Å². The van der Waals surface area contributed by atoms with Gasteiger partial charge in [0.15, 0.2) is 0 Å². The van der Waals surface area contributed by atoms with Crippen LogP contribution in [0.25, 0.3) is 0 Å². The van der Waals surface area contributed by atoms with Crippen molar-refractivity contribution in [1.82, 2.24) is 5.32 Å². The Morgan fingerprint density at radius 2 is 2.05 bits per heavy atom. The Kier molecular flexibility index (Phi) is 3.91. The van der Waals surface area contributed by atoms with Gasteiger partial charge in [0.25, 0.3) is 0 Å². The molecule has 1 aromatic heterocycles. The summed E-state index contributed by atoms with van der Waals surface area (Å²) in [5.41, 5.74) is 3.10. The molecule has 2 aromatic rings. The fourth-order valence-corrected chi connectivity index (χ4v) is 5.39. The van der Waals surface area contributed by atoms with Gasteiger partial charge in [0.1, 0.15) is 0 Å². The summed E-state index contributed by atoms with van der Waals surface area (Å²) >= 11 is 5.70. The highest BCUT2D eigenvalue weighted by Gasteiger charge is 2.31. The van der Waals surface area contributed by atoms with Gasteiger partial charge in [0.2, 0.25) is 0 Å². The summed E-state index contributed by atoms with van der Waals surface area (Å²) in [6.45, 7) is 1.06. The maximum atomic E-state index is 3.74. The molecule has 0 saturated heterocycles. The van der Waals surface area contributed by atoms with Crippen LogP contribution < -0.4 is 5.32 Å². The van der Waals surface area contributed by atoms with Gasteiger partial charge >= 0.3 is 0 Å². The second-order valence-electron chi connectivity index (χ2n) is 6.28. The van der Waals surface area contributed by atoms with Crippen LogP contribution in [-0.4, -0.2) is 6.04 Å². The van der Waals surface area contributed by atoms with Crippen molar-refractivity contribution in [1.29, 1.82) is 0 Å². The molecule has 1 aromatic carbocycles. The Bertz CT molecular complexity index is 621. The number of benzene rings is 1. The van der Waals surface area contributed by atoms with Crippen molar-refractivity contribution in [2.45, 2.75) is 50.6 Å². The van der Waals surface area contributed by atoms with Crippen LogP contribution >= 0.6 is 27.3 Å². The Morgan fingerprint density at radius 1 is 1.19 bits per heavy atom. The highest BCUT2D eigenvalue weighted by molar-refractivity contribution is 9.10. The zero-order valence-electron chi connectivity index (χ0n) is 12.1. The first-order valence-electron chi connectivity index (χ1n) is 7.88. The molecule has 3 heteroatoms. The quantitative estimate of drug-likeness (QED) is 0.804. The average molecular weight is 362 g/mol. The first kappa shape index (κ1) is 14.0. The lowest BCUT2D eigenvalue weighted by Gasteiger charge is -2.36. The van der Waals surface area contributed by atoms with Gasteiger partial charge in [0, 0.05) is 26.8 Å².